The van der Waals surface area contributed by atoms with Crippen LogP contribution < -0.4 is 4.90 Å². The Balaban J connectivity index is 2.87. The number of hydrogen-bond donors (Lipinski definition) is 1. The molecule has 1 aromatic heterocycles. The SMILES string of the molecule is C=C/C=C(C)/N=C(\C)c1ccc(N(C)CCO)nc1. The van der Waals surface area contributed by atoms with Crippen molar-refractivity contribution in [3.63, 3.8) is 0 Å². The van der Waals surface area contributed by atoms with Crippen LogP contribution in [0.1, 0.15) is 19.4 Å². The lowest BCUT2D eigenvalue weighted by molar-refractivity contribution is 0.304. The van der Waals surface area contributed by atoms with Crippen LogP contribution in [-0.2, 0) is 0 Å². The molecule has 0 spiro atoms. The molecule has 0 unspecified atom stereocenters. The molecule has 1 heterocycles. The van der Waals surface area contributed by atoms with Crippen LogP contribution in [0.15, 0.2) is 47.7 Å². The molecule has 0 aliphatic carbocycles. The van der Waals surface area contributed by atoms with Crippen molar-refractivity contribution in [2.75, 3.05) is 25.1 Å². The zero-order valence-corrected chi connectivity index (χ0v) is 11.8. The largest absolute Gasteiger partial charge is 0.395 e. The summed E-state index contributed by atoms with van der Waals surface area (Å²) in [6.07, 6.45) is 5.38. The first-order chi connectivity index (χ1) is 9.08. The molecule has 1 rings (SSSR count). The third-order valence-electron chi connectivity index (χ3n) is 2.70. The van der Waals surface area contributed by atoms with Gasteiger partial charge in [0.1, 0.15) is 5.82 Å². The summed E-state index contributed by atoms with van der Waals surface area (Å²) < 4.78 is 0. The first-order valence-corrected chi connectivity index (χ1v) is 6.21. The fraction of sp³-hybridized carbons (Fsp3) is 0.333. The fourth-order valence-electron chi connectivity index (χ4n) is 1.63. The number of aliphatic hydroxyl groups excluding tert-OH is 1. The molecule has 0 fully saturated rings. The van der Waals surface area contributed by atoms with Crippen molar-refractivity contribution in [1.29, 1.82) is 0 Å². The smallest absolute Gasteiger partial charge is 0.128 e. The molecule has 0 aliphatic heterocycles. The minimum atomic E-state index is 0.117. The molecule has 4 heteroatoms. The van der Waals surface area contributed by atoms with E-state index in [1.807, 2.05) is 44.0 Å². The van der Waals surface area contributed by atoms with Crippen LogP contribution in [0.4, 0.5) is 5.82 Å². The van der Waals surface area contributed by atoms with Crippen molar-refractivity contribution < 1.29 is 5.11 Å². The number of likely N-dealkylation sites (N-methyl/N-ethyl adjacent to an activating group) is 1. The van der Waals surface area contributed by atoms with Crippen LogP contribution in [0, 0.1) is 0 Å². The Kier molecular flexibility index (Phi) is 5.96. The molecule has 0 amide bonds. The van der Waals surface area contributed by atoms with Crippen molar-refractivity contribution in [2.45, 2.75) is 13.8 Å². The van der Waals surface area contributed by atoms with E-state index in [0.29, 0.717) is 6.54 Å². The molecular weight excluding hydrogens is 238 g/mol. The molecule has 0 radical (unpaired) electrons. The van der Waals surface area contributed by atoms with Gasteiger partial charge in [-0.25, -0.2) is 4.98 Å². The van der Waals surface area contributed by atoms with Gasteiger partial charge in [0.05, 0.1) is 6.61 Å². The molecule has 0 aromatic carbocycles. The van der Waals surface area contributed by atoms with Crippen LogP contribution in [0.25, 0.3) is 0 Å². The second-order valence-electron chi connectivity index (χ2n) is 4.29. The van der Waals surface area contributed by atoms with E-state index in [2.05, 4.69) is 16.6 Å². The van der Waals surface area contributed by atoms with E-state index in [1.54, 1.807) is 12.3 Å². The first kappa shape index (κ1) is 15.1. The van der Waals surface area contributed by atoms with E-state index >= 15 is 0 Å². The van der Waals surface area contributed by atoms with E-state index in [1.165, 1.54) is 0 Å². The number of anilines is 1. The van der Waals surface area contributed by atoms with E-state index < -0.39 is 0 Å². The predicted octanol–water partition coefficient (Wildman–Crippen LogP) is 2.41. The number of aromatic nitrogens is 1. The summed E-state index contributed by atoms with van der Waals surface area (Å²) >= 11 is 0. The maximum absolute atomic E-state index is 8.89. The molecule has 1 N–H and O–H groups in total. The van der Waals surface area contributed by atoms with Crippen molar-refractivity contribution in [3.8, 4) is 0 Å². The van der Waals surface area contributed by atoms with Crippen molar-refractivity contribution in [3.05, 3.63) is 48.3 Å². The molecule has 19 heavy (non-hydrogen) atoms. The minimum absolute atomic E-state index is 0.117. The summed E-state index contributed by atoms with van der Waals surface area (Å²) in [6, 6.07) is 3.91. The van der Waals surface area contributed by atoms with Gasteiger partial charge in [0, 0.05) is 36.8 Å². The lowest BCUT2D eigenvalue weighted by Gasteiger charge is -2.16. The summed E-state index contributed by atoms with van der Waals surface area (Å²) in [5, 5.41) is 8.89. The topological polar surface area (TPSA) is 48.7 Å². The van der Waals surface area contributed by atoms with Gasteiger partial charge in [-0.2, -0.15) is 0 Å². The van der Waals surface area contributed by atoms with Crippen LogP contribution in [-0.4, -0.2) is 36.0 Å². The highest BCUT2D eigenvalue weighted by Crippen LogP contribution is 2.11. The average molecular weight is 259 g/mol. The molecule has 0 atom stereocenters. The molecule has 0 aliphatic rings. The van der Waals surface area contributed by atoms with Gasteiger partial charge in [0.2, 0.25) is 0 Å². The first-order valence-electron chi connectivity index (χ1n) is 6.21. The van der Waals surface area contributed by atoms with E-state index in [-0.39, 0.29) is 6.61 Å². The van der Waals surface area contributed by atoms with Gasteiger partial charge in [0.15, 0.2) is 0 Å². The lowest BCUT2D eigenvalue weighted by atomic mass is 10.2. The quantitative estimate of drug-likeness (QED) is 0.630. The van der Waals surface area contributed by atoms with Crippen LogP contribution in [0.5, 0.6) is 0 Å². The molecule has 102 valence electrons. The molecule has 0 saturated carbocycles. The highest BCUT2D eigenvalue weighted by Gasteiger charge is 2.03. The maximum atomic E-state index is 8.89. The Morgan fingerprint density at radius 3 is 2.74 bits per heavy atom. The van der Waals surface area contributed by atoms with Crippen LogP contribution in [0.2, 0.25) is 0 Å². The number of pyridine rings is 1. The molecule has 1 aromatic rings. The number of aliphatic imine (C=N–C) groups is 1. The Labute approximate surface area is 114 Å². The van der Waals surface area contributed by atoms with Gasteiger partial charge < -0.3 is 10.0 Å². The highest BCUT2D eigenvalue weighted by molar-refractivity contribution is 5.99. The number of aliphatic hydroxyl groups is 1. The Hall–Kier alpha value is -1.94. The van der Waals surface area contributed by atoms with Crippen molar-refractivity contribution in [1.82, 2.24) is 4.98 Å². The fourth-order valence-corrected chi connectivity index (χ4v) is 1.63. The third kappa shape index (κ3) is 4.67. The Morgan fingerprint density at radius 2 is 2.21 bits per heavy atom. The summed E-state index contributed by atoms with van der Waals surface area (Å²) in [4.78, 5) is 10.7. The average Bonchev–Trinajstić information content (AvgIpc) is 2.39. The van der Waals surface area contributed by atoms with Gasteiger partial charge in [-0.05, 0) is 32.1 Å². The summed E-state index contributed by atoms with van der Waals surface area (Å²) in [5.74, 6) is 0.837. The van der Waals surface area contributed by atoms with Gasteiger partial charge in [0.25, 0.3) is 0 Å². The predicted molar refractivity (Wildman–Crippen MR) is 80.8 cm³/mol. The zero-order chi connectivity index (χ0) is 14.3. The minimum Gasteiger partial charge on any atom is -0.395 e. The molecule has 0 bridgehead atoms. The van der Waals surface area contributed by atoms with Crippen molar-refractivity contribution >= 4 is 11.5 Å². The Morgan fingerprint density at radius 1 is 1.47 bits per heavy atom. The number of rotatable bonds is 6. The molecule has 0 saturated heterocycles. The number of allylic oxidation sites excluding steroid dienone is 3. The van der Waals surface area contributed by atoms with Crippen LogP contribution in [0.3, 0.4) is 0 Å². The second kappa shape index (κ2) is 7.48. The second-order valence-corrected chi connectivity index (χ2v) is 4.29. The van der Waals surface area contributed by atoms with E-state index in [0.717, 1.165) is 22.8 Å². The van der Waals surface area contributed by atoms with Crippen molar-refractivity contribution in [2.24, 2.45) is 4.99 Å². The standard InChI is InChI=1S/C15H21N3O/c1-5-6-12(2)17-13(3)14-7-8-15(16-11-14)18(4)9-10-19/h5-8,11,19H,1,9-10H2,2-4H3/b12-6+,17-13+. The normalized spacial score (nSPS) is 12.4. The Bertz CT molecular complexity index is 475. The zero-order valence-electron chi connectivity index (χ0n) is 11.8. The number of hydrogen-bond acceptors (Lipinski definition) is 4. The van der Waals surface area contributed by atoms with Gasteiger partial charge in [-0.15, -0.1) is 0 Å². The lowest BCUT2D eigenvalue weighted by Crippen LogP contribution is -2.22. The third-order valence-corrected chi connectivity index (χ3v) is 2.70. The van der Waals surface area contributed by atoms with Gasteiger partial charge >= 0.3 is 0 Å². The number of nitrogens with zero attached hydrogens (tertiary/aromatic N) is 3. The summed E-state index contributed by atoms with van der Waals surface area (Å²) in [5.41, 5.74) is 2.81. The summed E-state index contributed by atoms with van der Waals surface area (Å²) in [7, 11) is 1.90. The van der Waals surface area contributed by atoms with Crippen LogP contribution >= 0.6 is 0 Å². The monoisotopic (exact) mass is 259 g/mol. The van der Waals surface area contributed by atoms with Gasteiger partial charge in [-0.3, -0.25) is 4.99 Å². The molecule has 4 nitrogen and oxygen atoms in total. The van der Waals surface area contributed by atoms with E-state index in [4.69, 9.17) is 5.11 Å². The maximum Gasteiger partial charge on any atom is 0.128 e. The van der Waals surface area contributed by atoms with Gasteiger partial charge in [-0.1, -0.05) is 12.7 Å². The molecular formula is C15H21N3O. The summed E-state index contributed by atoms with van der Waals surface area (Å²) in [6.45, 7) is 8.22. The highest BCUT2D eigenvalue weighted by atomic mass is 16.3. The van der Waals surface area contributed by atoms with E-state index in [9.17, 15) is 0 Å².